The number of aryl methyl sites for hydroxylation is 1. The lowest BCUT2D eigenvalue weighted by Crippen LogP contribution is -2.44. The fraction of sp³-hybridized carbons (Fsp3) is 0.478. The van der Waals surface area contributed by atoms with Gasteiger partial charge < -0.3 is 28.4 Å². The van der Waals surface area contributed by atoms with Crippen molar-refractivity contribution in [2.45, 2.75) is 31.7 Å². The molecule has 168 valence electrons. The minimum atomic E-state index is -0.477. The van der Waals surface area contributed by atoms with Crippen LogP contribution >= 0.6 is 0 Å². The van der Waals surface area contributed by atoms with Crippen LogP contribution in [0.2, 0.25) is 0 Å². The van der Waals surface area contributed by atoms with Crippen LogP contribution in [0.3, 0.4) is 0 Å². The molecule has 1 unspecified atom stereocenters. The van der Waals surface area contributed by atoms with Gasteiger partial charge in [-0.3, -0.25) is 4.79 Å². The summed E-state index contributed by atoms with van der Waals surface area (Å²) in [7, 11) is 6.36. The summed E-state index contributed by atoms with van der Waals surface area (Å²) in [4.78, 5) is 27.5. The van der Waals surface area contributed by atoms with Gasteiger partial charge in [0.2, 0.25) is 5.75 Å². The molecule has 0 aliphatic carbocycles. The third-order valence-corrected chi connectivity index (χ3v) is 5.64. The van der Waals surface area contributed by atoms with E-state index in [0.29, 0.717) is 34.9 Å². The predicted molar refractivity (Wildman–Crippen MR) is 115 cm³/mol. The molecule has 2 aromatic rings. The van der Waals surface area contributed by atoms with E-state index in [0.717, 1.165) is 25.8 Å². The third kappa shape index (κ3) is 4.95. The van der Waals surface area contributed by atoms with Gasteiger partial charge in [-0.2, -0.15) is 0 Å². The average Bonchev–Trinajstić information content (AvgIpc) is 3.23. The molecule has 0 N–H and O–H groups in total. The summed E-state index contributed by atoms with van der Waals surface area (Å²) in [6.07, 6.45) is 5.40. The van der Waals surface area contributed by atoms with Crippen LogP contribution in [0.4, 0.5) is 0 Å². The topological polar surface area (TPSA) is 79.2 Å². The Kier molecular flexibility index (Phi) is 7.44. The second-order valence-corrected chi connectivity index (χ2v) is 7.49. The molecule has 8 heteroatoms. The van der Waals surface area contributed by atoms with Crippen molar-refractivity contribution < 1.29 is 28.5 Å². The number of amides is 1. The van der Waals surface area contributed by atoms with Gasteiger partial charge in [-0.1, -0.05) is 0 Å². The molecule has 1 amide bonds. The maximum Gasteiger partial charge on any atom is 0.338 e. The van der Waals surface area contributed by atoms with Crippen molar-refractivity contribution in [1.29, 1.82) is 0 Å². The van der Waals surface area contributed by atoms with Crippen molar-refractivity contribution in [2.24, 2.45) is 7.05 Å². The second-order valence-electron chi connectivity index (χ2n) is 7.49. The first kappa shape index (κ1) is 22.5. The van der Waals surface area contributed by atoms with Gasteiger partial charge in [-0.05, 0) is 43.5 Å². The number of piperidine rings is 1. The minimum absolute atomic E-state index is 0.0214. The Labute approximate surface area is 182 Å². The lowest BCUT2D eigenvalue weighted by atomic mass is 9.99. The Morgan fingerprint density at radius 3 is 2.35 bits per heavy atom. The molecule has 2 heterocycles. The highest BCUT2D eigenvalue weighted by Crippen LogP contribution is 2.38. The number of benzene rings is 1. The lowest BCUT2D eigenvalue weighted by molar-refractivity contribution is 0.0405. The van der Waals surface area contributed by atoms with E-state index >= 15 is 0 Å². The number of hydrogen-bond acceptors (Lipinski definition) is 6. The summed E-state index contributed by atoms with van der Waals surface area (Å²) in [5.41, 5.74) is 0.983. The van der Waals surface area contributed by atoms with E-state index in [1.165, 1.54) is 21.3 Å². The van der Waals surface area contributed by atoms with E-state index in [9.17, 15) is 9.59 Å². The molecule has 1 aliphatic rings. The van der Waals surface area contributed by atoms with Crippen LogP contribution in [0.5, 0.6) is 17.2 Å². The summed E-state index contributed by atoms with van der Waals surface area (Å²) >= 11 is 0. The maximum atomic E-state index is 13.0. The highest BCUT2D eigenvalue weighted by atomic mass is 16.5. The number of ether oxygens (including phenoxy) is 4. The van der Waals surface area contributed by atoms with Crippen LogP contribution in [-0.4, -0.2) is 61.9 Å². The van der Waals surface area contributed by atoms with Crippen molar-refractivity contribution >= 4 is 11.9 Å². The van der Waals surface area contributed by atoms with Gasteiger partial charge in [-0.25, -0.2) is 4.79 Å². The Balaban J connectivity index is 1.64. The maximum absolute atomic E-state index is 13.0. The summed E-state index contributed by atoms with van der Waals surface area (Å²) in [6.45, 7) is 0.937. The number of aromatic nitrogens is 1. The van der Waals surface area contributed by atoms with Crippen LogP contribution in [0.1, 0.15) is 46.5 Å². The van der Waals surface area contributed by atoms with Gasteiger partial charge in [0.1, 0.15) is 5.69 Å². The molecule has 0 radical (unpaired) electrons. The quantitative estimate of drug-likeness (QED) is 0.598. The van der Waals surface area contributed by atoms with Crippen LogP contribution in [0, 0.1) is 0 Å². The van der Waals surface area contributed by atoms with Gasteiger partial charge in [0, 0.05) is 32.3 Å². The van der Waals surface area contributed by atoms with Gasteiger partial charge in [0.05, 0.1) is 33.5 Å². The highest BCUT2D eigenvalue weighted by Gasteiger charge is 2.28. The zero-order valence-corrected chi connectivity index (χ0v) is 18.6. The van der Waals surface area contributed by atoms with Crippen molar-refractivity contribution in [2.75, 3.05) is 34.5 Å². The summed E-state index contributed by atoms with van der Waals surface area (Å²) in [5, 5.41) is 0. The Morgan fingerprint density at radius 2 is 1.77 bits per heavy atom. The van der Waals surface area contributed by atoms with Crippen LogP contribution in [0.25, 0.3) is 0 Å². The molecular formula is C23H30N2O6. The molecule has 0 spiro atoms. The second kappa shape index (κ2) is 10.2. The molecular weight excluding hydrogens is 400 g/mol. The van der Waals surface area contributed by atoms with E-state index in [-0.39, 0.29) is 18.6 Å². The molecule has 8 nitrogen and oxygen atoms in total. The van der Waals surface area contributed by atoms with Gasteiger partial charge in [-0.15, -0.1) is 0 Å². The number of hydrogen-bond donors (Lipinski definition) is 0. The molecule has 1 saturated heterocycles. The SMILES string of the molecule is COc1cc(C(=O)OCCC2CCCCN2C(=O)c2cccn2C)cc(OC)c1OC. The Bertz CT molecular complexity index is 898. The fourth-order valence-corrected chi connectivity index (χ4v) is 3.97. The summed E-state index contributed by atoms with van der Waals surface area (Å²) < 4.78 is 23.2. The van der Waals surface area contributed by atoms with Crippen LogP contribution in [0.15, 0.2) is 30.5 Å². The molecule has 1 fully saturated rings. The number of carbonyl (C=O) groups excluding carboxylic acids is 2. The van der Waals surface area contributed by atoms with E-state index in [2.05, 4.69) is 0 Å². The van der Waals surface area contributed by atoms with E-state index < -0.39 is 5.97 Å². The van der Waals surface area contributed by atoms with E-state index in [4.69, 9.17) is 18.9 Å². The van der Waals surface area contributed by atoms with E-state index in [1.54, 1.807) is 12.1 Å². The molecule has 31 heavy (non-hydrogen) atoms. The van der Waals surface area contributed by atoms with Crippen molar-refractivity contribution in [3.05, 3.63) is 41.7 Å². The van der Waals surface area contributed by atoms with Crippen molar-refractivity contribution in [3.63, 3.8) is 0 Å². The number of likely N-dealkylation sites (tertiary alicyclic amines) is 1. The smallest absolute Gasteiger partial charge is 0.338 e. The number of esters is 1. The first-order chi connectivity index (χ1) is 15.0. The number of methoxy groups -OCH3 is 3. The molecule has 1 atom stereocenters. The minimum Gasteiger partial charge on any atom is -0.493 e. The third-order valence-electron chi connectivity index (χ3n) is 5.64. The van der Waals surface area contributed by atoms with Crippen molar-refractivity contribution in [1.82, 2.24) is 9.47 Å². The molecule has 3 rings (SSSR count). The lowest BCUT2D eigenvalue weighted by Gasteiger charge is -2.35. The van der Waals surface area contributed by atoms with Gasteiger partial charge in [0.15, 0.2) is 11.5 Å². The van der Waals surface area contributed by atoms with Crippen LogP contribution < -0.4 is 14.2 Å². The Hall–Kier alpha value is -3.16. The highest BCUT2D eigenvalue weighted by molar-refractivity contribution is 5.93. The van der Waals surface area contributed by atoms with Gasteiger partial charge >= 0.3 is 5.97 Å². The van der Waals surface area contributed by atoms with E-state index in [1.807, 2.05) is 34.8 Å². The first-order valence-corrected chi connectivity index (χ1v) is 10.4. The monoisotopic (exact) mass is 430 g/mol. The molecule has 0 saturated carbocycles. The molecule has 1 aromatic carbocycles. The molecule has 1 aromatic heterocycles. The largest absolute Gasteiger partial charge is 0.493 e. The Morgan fingerprint density at radius 1 is 1.06 bits per heavy atom. The van der Waals surface area contributed by atoms with Crippen LogP contribution in [-0.2, 0) is 11.8 Å². The zero-order valence-electron chi connectivity index (χ0n) is 18.6. The molecule has 0 bridgehead atoms. The number of nitrogens with zero attached hydrogens (tertiary/aromatic N) is 2. The van der Waals surface area contributed by atoms with Gasteiger partial charge in [0.25, 0.3) is 5.91 Å². The normalized spacial score (nSPS) is 16.0. The average molecular weight is 431 g/mol. The number of carbonyl (C=O) groups is 2. The number of rotatable bonds is 8. The standard InChI is InChI=1S/C23H30N2O6/c1-24-11-7-9-18(24)22(26)25-12-6-5-8-17(25)10-13-31-23(27)16-14-19(28-2)21(30-4)20(15-16)29-3/h7,9,11,14-15,17H,5-6,8,10,12-13H2,1-4H3. The van der Waals surface area contributed by atoms with Crippen molar-refractivity contribution in [3.8, 4) is 17.2 Å². The summed E-state index contributed by atoms with van der Waals surface area (Å²) in [6, 6.07) is 6.87. The summed E-state index contributed by atoms with van der Waals surface area (Å²) in [5.74, 6) is 0.739. The zero-order chi connectivity index (χ0) is 22.4. The first-order valence-electron chi connectivity index (χ1n) is 10.4. The fourth-order valence-electron chi connectivity index (χ4n) is 3.97. The molecule has 1 aliphatic heterocycles. The predicted octanol–water partition coefficient (Wildman–Crippen LogP) is 3.29.